The Morgan fingerprint density at radius 2 is 1.52 bits per heavy atom. The minimum absolute atomic E-state index is 0.501. The molecule has 1 aliphatic carbocycles. The zero-order chi connectivity index (χ0) is 20.9. The zero-order valence-corrected chi connectivity index (χ0v) is 17.5. The molecule has 0 aliphatic heterocycles. The van der Waals surface area contributed by atoms with Crippen molar-refractivity contribution in [2.75, 3.05) is 11.9 Å². The van der Waals surface area contributed by atoms with Crippen LogP contribution in [-0.2, 0) is 12.8 Å². The number of nitrogens with zero attached hydrogens (tertiary/aromatic N) is 2. The zero-order valence-electron chi connectivity index (χ0n) is 17.5. The average Bonchev–Trinajstić information content (AvgIpc) is 3.24. The molecule has 0 fully saturated rings. The quantitative estimate of drug-likeness (QED) is 0.213. The molecule has 3 nitrogen and oxygen atoms in total. The molecule has 3 heteroatoms. The fourth-order valence-electron chi connectivity index (χ4n) is 4.91. The Morgan fingerprint density at radius 1 is 0.774 bits per heavy atom. The van der Waals surface area contributed by atoms with Crippen molar-refractivity contribution in [3.8, 4) is 0 Å². The summed E-state index contributed by atoms with van der Waals surface area (Å²) < 4.78 is 0. The van der Waals surface area contributed by atoms with Crippen LogP contribution >= 0.6 is 0 Å². The van der Waals surface area contributed by atoms with Crippen LogP contribution in [0.2, 0.25) is 0 Å². The number of nitrogens with two attached hydrogens (primary N) is 1. The number of anilines is 1. The number of rotatable bonds is 2. The van der Waals surface area contributed by atoms with E-state index >= 15 is 0 Å². The lowest BCUT2D eigenvalue weighted by Crippen LogP contribution is -2.33. The molecule has 0 atom stereocenters. The van der Waals surface area contributed by atoms with Gasteiger partial charge in [0.05, 0.1) is 11.4 Å². The first-order chi connectivity index (χ1) is 15.2. The number of hydrogen-bond donors (Lipinski definition) is 1. The van der Waals surface area contributed by atoms with Crippen LogP contribution < -0.4 is 10.6 Å². The average molecular weight is 402 g/mol. The van der Waals surface area contributed by atoms with Crippen LogP contribution in [0.1, 0.15) is 11.1 Å². The molecule has 0 saturated carbocycles. The van der Waals surface area contributed by atoms with E-state index in [2.05, 4.69) is 84.9 Å². The van der Waals surface area contributed by atoms with E-state index < -0.39 is 0 Å². The molecule has 5 aromatic rings. The third kappa shape index (κ3) is 2.85. The topological polar surface area (TPSA) is 41.6 Å². The van der Waals surface area contributed by atoms with Crippen molar-refractivity contribution in [3.05, 3.63) is 96.1 Å². The number of guanidine groups is 1. The molecule has 0 saturated heterocycles. The van der Waals surface area contributed by atoms with Crippen molar-refractivity contribution >= 4 is 49.7 Å². The summed E-state index contributed by atoms with van der Waals surface area (Å²) in [6, 6.07) is 30.1. The summed E-state index contributed by atoms with van der Waals surface area (Å²) in [6.45, 7) is 0. The first-order valence-electron chi connectivity index (χ1n) is 10.7. The van der Waals surface area contributed by atoms with Gasteiger partial charge in [-0.1, -0.05) is 60.7 Å². The Labute approximate surface area is 181 Å². The molecule has 0 aromatic heterocycles. The number of hydrogen-bond acceptors (Lipinski definition) is 1. The van der Waals surface area contributed by atoms with Crippen molar-refractivity contribution in [2.24, 2.45) is 10.7 Å². The molecule has 0 unspecified atom stereocenters. The molecule has 1 aliphatic rings. The SMILES string of the molecule is CN(C(N)=Nc1ccc2cccc3c2c1CC3)c1cccc2cc3ccccc3cc12. The summed E-state index contributed by atoms with van der Waals surface area (Å²) in [5, 5.41) is 7.48. The van der Waals surface area contributed by atoms with Gasteiger partial charge in [0, 0.05) is 12.4 Å². The van der Waals surface area contributed by atoms with Crippen molar-refractivity contribution < 1.29 is 0 Å². The second kappa shape index (κ2) is 6.85. The Morgan fingerprint density at radius 3 is 2.39 bits per heavy atom. The summed E-state index contributed by atoms with van der Waals surface area (Å²) >= 11 is 0. The highest BCUT2D eigenvalue weighted by molar-refractivity contribution is 6.09. The lowest BCUT2D eigenvalue weighted by Gasteiger charge is -2.21. The van der Waals surface area contributed by atoms with Crippen molar-refractivity contribution in [1.82, 2.24) is 0 Å². The first kappa shape index (κ1) is 18.0. The van der Waals surface area contributed by atoms with Gasteiger partial charge in [-0.05, 0) is 75.2 Å². The van der Waals surface area contributed by atoms with Crippen molar-refractivity contribution in [1.29, 1.82) is 0 Å². The van der Waals surface area contributed by atoms with Gasteiger partial charge in [0.25, 0.3) is 0 Å². The van der Waals surface area contributed by atoms with E-state index in [0.29, 0.717) is 5.96 Å². The maximum absolute atomic E-state index is 6.55. The molecule has 0 heterocycles. The van der Waals surface area contributed by atoms with Gasteiger partial charge in [0.1, 0.15) is 0 Å². The lowest BCUT2D eigenvalue weighted by atomic mass is 10.0. The van der Waals surface area contributed by atoms with Crippen molar-refractivity contribution in [3.63, 3.8) is 0 Å². The molecule has 150 valence electrons. The number of aliphatic imine (C=N–C) groups is 1. The van der Waals surface area contributed by atoms with Crippen LogP contribution in [0.5, 0.6) is 0 Å². The third-order valence-electron chi connectivity index (χ3n) is 6.52. The van der Waals surface area contributed by atoms with Gasteiger partial charge in [0.15, 0.2) is 0 Å². The molecule has 6 rings (SSSR count). The standard InChI is InChI=1S/C28H23N3/c1-31(26-11-5-10-22-16-20-6-2-3-7-21(20)17-24(22)26)28(29)30-25-15-13-19-9-4-8-18-12-14-23(25)27(18)19/h2-11,13,15-17H,12,14H2,1H3,(H2,29,30). The second-order valence-corrected chi connectivity index (χ2v) is 8.31. The van der Waals surface area contributed by atoms with E-state index in [1.165, 1.54) is 43.4 Å². The van der Waals surface area contributed by atoms with Crippen LogP contribution in [0.15, 0.2) is 89.9 Å². The molecular weight excluding hydrogens is 378 g/mol. The molecule has 0 amide bonds. The Bertz CT molecular complexity index is 1510. The van der Waals surface area contributed by atoms with Gasteiger partial charge >= 0.3 is 0 Å². The Balaban J connectivity index is 1.46. The number of fused-ring (bicyclic) bond motifs is 2. The van der Waals surface area contributed by atoms with Crippen LogP contribution in [-0.4, -0.2) is 13.0 Å². The van der Waals surface area contributed by atoms with E-state index in [4.69, 9.17) is 10.7 Å². The summed E-state index contributed by atoms with van der Waals surface area (Å²) in [6.07, 6.45) is 2.10. The van der Waals surface area contributed by atoms with Gasteiger partial charge in [-0.25, -0.2) is 4.99 Å². The lowest BCUT2D eigenvalue weighted by molar-refractivity contribution is 1.02. The van der Waals surface area contributed by atoms with Gasteiger partial charge < -0.3 is 10.6 Å². The normalized spacial score (nSPS) is 13.4. The highest BCUT2D eigenvalue weighted by Crippen LogP contribution is 2.37. The second-order valence-electron chi connectivity index (χ2n) is 8.31. The molecule has 0 radical (unpaired) electrons. The third-order valence-corrected chi connectivity index (χ3v) is 6.52. The number of aryl methyl sites for hydroxylation is 2. The molecule has 0 spiro atoms. The highest BCUT2D eigenvalue weighted by Gasteiger charge is 2.18. The molecule has 0 bridgehead atoms. The van der Waals surface area contributed by atoms with Crippen LogP contribution in [0, 0.1) is 0 Å². The maximum Gasteiger partial charge on any atom is 0.200 e. The summed E-state index contributed by atoms with van der Waals surface area (Å²) in [5.41, 5.74) is 11.3. The first-order valence-corrected chi connectivity index (χ1v) is 10.7. The fourth-order valence-corrected chi connectivity index (χ4v) is 4.91. The Kier molecular flexibility index (Phi) is 3.97. The smallest absolute Gasteiger partial charge is 0.200 e. The van der Waals surface area contributed by atoms with Crippen LogP contribution in [0.25, 0.3) is 32.3 Å². The molecule has 31 heavy (non-hydrogen) atoms. The van der Waals surface area contributed by atoms with Gasteiger partial charge in [0.2, 0.25) is 5.96 Å². The largest absolute Gasteiger partial charge is 0.369 e. The summed E-state index contributed by atoms with van der Waals surface area (Å²) in [7, 11) is 1.99. The maximum atomic E-state index is 6.55. The fraction of sp³-hybridized carbons (Fsp3) is 0.107. The molecule has 5 aromatic carbocycles. The monoisotopic (exact) mass is 401 g/mol. The minimum Gasteiger partial charge on any atom is -0.369 e. The predicted octanol–water partition coefficient (Wildman–Crippen LogP) is 6.33. The van der Waals surface area contributed by atoms with Crippen molar-refractivity contribution in [2.45, 2.75) is 12.8 Å². The van der Waals surface area contributed by atoms with E-state index in [1.54, 1.807) is 0 Å². The minimum atomic E-state index is 0.501. The van der Waals surface area contributed by atoms with E-state index in [0.717, 1.165) is 24.2 Å². The molecule has 2 N–H and O–H groups in total. The Hall–Kier alpha value is -3.85. The summed E-state index contributed by atoms with van der Waals surface area (Å²) in [4.78, 5) is 6.87. The van der Waals surface area contributed by atoms with Gasteiger partial charge in [-0.3, -0.25) is 0 Å². The molecular formula is C28H23N3. The predicted molar refractivity (Wildman–Crippen MR) is 132 cm³/mol. The summed E-state index contributed by atoms with van der Waals surface area (Å²) in [5.74, 6) is 0.501. The van der Waals surface area contributed by atoms with Gasteiger partial charge in [-0.2, -0.15) is 0 Å². The van der Waals surface area contributed by atoms with E-state index in [1.807, 2.05) is 11.9 Å². The number of benzene rings is 5. The highest BCUT2D eigenvalue weighted by atomic mass is 15.2. The van der Waals surface area contributed by atoms with E-state index in [-0.39, 0.29) is 0 Å². The van der Waals surface area contributed by atoms with Gasteiger partial charge in [-0.15, -0.1) is 0 Å². The van der Waals surface area contributed by atoms with Crippen LogP contribution in [0.4, 0.5) is 11.4 Å². The van der Waals surface area contributed by atoms with Crippen LogP contribution in [0.3, 0.4) is 0 Å². The van der Waals surface area contributed by atoms with E-state index in [9.17, 15) is 0 Å².